The summed E-state index contributed by atoms with van der Waals surface area (Å²) >= 11 is 0. The first-order chi connectivity index (χ1) is 9.71. The highest BCUT2D eigenvalue weighted by molar-refractivity contribution is 5.77. The Morgan fingerprint density at radius 3 is 2.19 bits per heavy atom. The zero-order chi connectivity index (χ0) is 16.0. The van der Waals surface area contributed by atoms with Crippen molar-refractivity contribution in [2.24, 2.45) is 5.92 Å². The van der Waals surface area contributed by atoms with Crippen LogP contribution in [0.15, 0.2) is 0 Å². The molecule has 7 heteroatoms. The number of amides is 1. The lowest BCUT2D eigenvalue weighted by molar-refractivity contribution is -0.158. The van der Waals surface area contributed by atoms with E-state index < -0.39 is 30.9 Å². The molecular weight excluding hydrogens is 278 g/mol. The maximum atomic E-state index is 11.9. The quantitative estimate of drug-likeness (QED) is 0.616. The summed E-state index contributed by atoms with van der Waals surface area (Å²) in [5.74, 6) is -1.60. The maximum absolute atomic E-state index is 11.9. The Kier molecular flexibility index (Phi) is 5.99. The number of esters is 1. The van der Waals surface area contributed by atoms with Gasteiger partial charge in [-0.15, -0.1) is 0 Å². The highest BCUT2D eigenvalue weighted by Crippen LogP contribution is 2.25. The van der Waals surface area contributed by atoms with Crippen LogP contribution in [0.1, 0.15) is 46.5 Å². The molecule has 0 heterocycles. The van der Waals surface area contributed by atoms with E-state index in [1.54, 1.807) is 20.8 Å². The van der Waals surface area contributed by atoms with E-state index >= 15 is 0 Å². The van der Waals surface area contributed by atoms with Crippen molar-refractivity contribution in [2.75, 3.05) is 13.3 Å². The molecule has 0 bridgehead atoms. The SMILES string of the molecule is CC(C)(C)N(CC(=O)O)C(=O)OCOC(=O)C1CCCC1. The van der Waals surface area contributed by atoms with E-state index in [2.05, 4.69) is 0 Å². The minimum Gasteiger partial charge on any atom is -0.480 e. The van der Waals surface area contributed by atoms with Gasteiger partial charge in [-0.1, -0.05) is 12.8 Å². The summed E-state index contributed by atoms with van der Waals surface area (Å²) < 4.78 is 9.75. The first-order valence-corrected chi connectivity index (χ1v) is 7.04. The lowest BCUT2D eigenvalue weighted by Gasteiger charge is -2.33. The van der Waals surface area contributed by atoms with Gasteiger partial charge in [0.2, 0.25) is 6.79 Å². The minimum atomic E-state index is -1.13. The first kappa shape index (κ1) is 17.3. The smallest absolute Gasteiger partial charge is 0.413 e. The molecule has 1 aliphatic carbocycles. The normalized spacial score (nSPS) is 15.6. The van der Waals surface area contributed by atoms with Crippen molar-refractivity contribution in [1.29, 1.82) is 0 Å². The molecule has 0 atom stereocenters. The molecule has 0 aromatic carbocycles. The summed E-state index contributed by atoms with van der Waals surface area (Å²) in [6.07, 6.45) is 2.82. The van der Waals surface area contributed by atoms with Gasteiger partial charge in [-0.3, -0.25) is 14.5 Å². The van der Waals surface area contributed by atoms with Crippen molar-refractivity contribution in [3.8, 4) is 0 Å². The number of carboxylic acids is 1. The Balaban J connectivity index is 2.42. The second-order valence-corrected chi connectivity index (χ2v) is 6.12. The van der Waals surface area contributed by atoms with Gasteiger partial charge in [0.25, 0.3) is 0 Å². The van der Waals surface area contributed by atoms with Crippen LogP contribution in [0.3, 0.4) is 0 Å². The van der Waals surface area contributed by atoms with E-state index in [0.717, 1.165) is 30.6 Å². The summed E-state index contributed by atoms with van der Waals surface area (Å²) in [6.45, 7) is 4.13. The van der Waals surface area contributed by atoms with Crippen molar-refractivity contribution >= 4 is 18.0 Å². The number of nitrogens with zero attached hydrogens (tertiary/aromatic N) is 1. The van der Waals surface area contributed by atoms with Gasteiger partial charge in [0.15, 0.2) is 0 Å². The van der Waals surface area contributed by atoms with Crippen LogP contribution in [-0.2, 0) is 19.1 Å². The van der Waals surface area contributed by atoms with Crippen LogP contribution in [0.25, 0.3) is 0 Å². The number of aliphatic carboxylic acids is 1. The number of hydrogen-bond donors (Lipinski definition) is 1. The van der Waals surface area contributed by atoms with E-state index in [0.29, 0.717) is 0 Å². The lowest BCUT2D eigenvalue weighted by atomic mass is 10.1. The lowest BCUT2D eigenvalue weighted by Crippen LogP contribution is -2.48. The summed E-state index contributed by atoms with van der Waals surface area (Å²) in [6, 6.07) is 0. The van der Waals surface area contributed by atoms with Crippen LogP contribution >= 0.6 is 0 Å². The molecule has 0 radical (unpaired) electrons. The molecule has 0 aromatic heterocycles. The fourth-order valence-electron chi connectivity index (χ4n) is 2.21. The van der Waals surface area contributed by atoms with Gasteiger partial charge >= 0.3 is 18.0 Å². The van der Waals surface area contributed by atoms with E-state index in [9.17, 15) is 14.4 Å². The second kappa shape index (κ2) is 7.28. The Morgan fingerprint density at radius 2 is 1.71 bits per heavy atom. The summed E-state index contributed by atoms with van der Waals surface area (Å²) in [7, 11) is 0. The van der Waals surface area contributed by atoms with Gasteiger partial charge in [0, 0.05) is 5.54 Å². The number of carbonyl (C=O) groups is 3. The van der Waals surface area contributed by atoms with Crippen molar-refractivity contribution in [2.45, 2.75) is 52.0 Å². The molecule has 1 N–H and O–H groups in total. The number of hydrogen-bond acceptors (Lipinski definition) is 5. The molecule has 0 aliphatic heterocycles. The van der Waals surface area contributed by atoms with Crippen LogP contribution in [0.4, 0.5) is 4.79 Å². The predicted molar refractivity (Wildman–Crippen MR) is 73.5 cm³/mol. The zero-order valence-electron chi connectivity index (χ0n) is 12.8. The van der Waals surface area contributed by atoms with Crippen LogP contribution in [0.2, 0.25) is 0 Å². The third kappa shape index (κ3) is 5.61. The molecule has 1 aliphatic rings. The molecule has 7 nitrogen and oxygen atoms in total. The monoisotopic (exact) mass is 301 g/mol. The average Bonchev–Trinajstić information content (AvgIpc) is 2.87. The average molecular weight is 301 g/mol. The van der Waals surface area contributed by atoms with Gasteiger partial charge < -0.3 is 14.6 Å². The van der Waals surface area contributed by atoms with E-state index in [4.69, 9.17) is 14.6 Å². The Hall–Kier alpha value is -1.79. The molecule has 0 spiro atoms. The van der Waals surface area contributed by atoms with Gasteiger partial charge in [-0.05, 0) is 33.6 Å². The van der Waals surface area contributed by atoms with Gasteiger partial charge in [-0.25, -0.2) is 4.79 Å². The van der Waals surface area contributed by atoms with Gasteiger partial charge in [-0.2, -0.15) is 0 Å². The Morgan fingerprint density at radius 1 is 1.14 bits per heavy atom. The van der Waals surface area contributed by atoms with E-state index in [1.807, 2.05) is 0 Å². The molecular formula is C14H23NO6. The standard InChI is InChI=1S/C14H23NO6/c1-14(2,3)15(8-11(16)17)13(19)21-9-20-12(18)10-6-4-5-7-10/h10H,4-9H2,1-3H3,(H,16,17). The molecule has 120 valence electrons. The van der Waals surface area contributed by atoms with Gasteiger partial charge in [0.05, 0.1) is 5.92 Å². The summed E-state index contributed by atoms with van der Waals surface area (Å²) in [5, 5.41) is 8.82. The van der Waals surface area contributed by atoms with Crippen molar-refractivity contribution in [3.05, 3.63) is 0 Å². The molecule has 1 fully saturated rings. The Bertz CT molecular complexity index is 395. The second-order valence-electron chi connectivity index (χ2n) is 6.12. The largest absolute Gasteiger partial charge is 0.480 e. The number of rotatable bonds is 5. The Labute approximate surface area is 124 Å². The van der Waals surface area contributed by atoms with Crippen molar-refractivity contribution in [1.82, 2.24) is 4.90 Å². The van der Waals surface area contributed by atoms with Crippen LogP contribution < -0.4 is 0 Å². The molecule has 1 rings (SSSR count). The molecule has 1 amide bonds. The molecule has 1 saturated carbocycles. The number of ether oxygens (including phenoxy) is 2. The third-order valence-electron chi connectivity index (χ3n) is 3.40. The van der Waals surface area contributed by atoms with E-state index in [-0.39, 0.29) is 11.9 Å². The first-order valence-electron chi connectivity index (χ1n) is 7.04. The van der Waals surface area contributed by atoms with Gasteiger partial charge in [0.1, 0.15) is 6.54 Å². The van der Waals surface area contributed by atoms with E-state index in [1.165, 1.54) is 0 Å². The van der Waals surface area contributed by atoms with Crippen molar-refractivity contribution < 1.29 is 29.0 Å². The zero-order valence-corrected chi connectivity index (χ0v) is 12.8. The number of carboxylic acid groups (broad SMARTS) is 1. The maximum Gasteiger partial charge on any atom is 0.413 e. The number of carbonyl (C=O) groups excluding carboxylic acids is 2. The topological polar surface area (TPSA) is 93.1 Å². The predicted octanol–water partition coefficient (Wildman–Crippen LogP) is 2.00. The fraction of sp³-hybridized carbons (Fsp3) is 0.786. The van der Waals surface area contributed by atoms with Crippen LogP contribution in [0, 0.1) is 5.92 Å². The van der Waals surface area contributed by atoms with Crippen LogP contribution in [0.5, 0.6) is 0 Å². The van der Waals surface area contributed by atoms with Crippen LogP contribution in [-0.4, -0.2) is 46.9 Å². The summed E-state index contributed by atoms with van der Waals surface area (Å²) in [5.41, 5.74) is -0.703. The minimum absolute atomic E-state index is 0.110. The van der Waals surface area contributed by atoms with Crippen molar-refractivity contribution in [3.63, 3.8) is 0 Å². The highest BCUT2D eigenvalue weighted by atomic mass is 16.7. The highest BCUT2D eigenvalue weighted by Gasteiger charge is 2.30. The molecule has 0 unspecified atom stereocenters. The fourth-order valence-corrected chi connectivity index (χ4v) is 2.21. The molecule has 0 saturated heterocycles. The summed E-state index contributed by atoms with van der Waals surface area (Å²) in [4.78, 5) is 35.4. The third-order valence-corrected chi connectivity index (χ3v) is 3.40. The molecule has 21 heavy (non-hydrogen) atoms. The molecule has 0 aromatic rings.